The first-order valence-electron chi connectivity index (χ1n) is 6.73. The van der Waals surface area contributed by atoms with Crippen LogP contribution in [0.4, 0.5) is 0 Å². The molecule has 1 heterocycles. The fourth-order valence-corrected chi connectivity index (χ4v) is 3.10. The molecule has 3 rings (SSSR count). The quantitative estimate of drug-likeness (QED) is 0.470. The van der Waals surface area contributed by atoms with Gasteiger partial charge in [0, 0.05) is 25.5 Å². The van der Waals surface area contributed by atoms with Gasteiger partial charge in [-0.3, -0.25) is 0 Å². The first kappa shape index (κ1) is 15.6. The minimum absolute atomic E-state index is 0.721. The van der Waals surface area contributed by atoms with Crippen LogP contribution in [0.1, 0.15) is 0 Å². The molecule has 0 spiro atoms. The maximum Gasteiger partial charge on any atom is 0.0721 e. The van der Waals surface area contributed by atoms with Crippen molar-refractivity contribution < 1.29 is 0 Å². The van der Waals surface area contributed by atoms with Crippen molar-refractivity contribution in [3.63, 3.8) is 0 Å². The fraction of sp³-hybridized carbons (Fsp3) is 0.0556. The number of thioether (sulfide) groups is 1. The summed E-state index contributed by atoms with van der Waals surface area (Å²) in [6.07, 6.45) is 2.07. The number of hydrogen-bond acceptors (Lipinski definition) is 2. The van der Waals surface area contributed by atoms with Crippen LogP contribution in [0.25, 0.3) is 22.5 Å². The maximum atomic E-state index is 6.10. The number of rotatable bonds is 3. The molecule has 0 aliphatic rings. The van der Waals surface area contributed by atoms with Crippen molar-refractivity contribution in [2.75, 3.05) is 6.26 Å². The second kappa shape index (κ2) is 6.86. The Bertz CT molecular complexity index is 802. The van der Waals surface area contributed by atoms with Gasteiger partial charge in [0.05, 0.1) is 11.4 Å². The molecule has 0 aliphatic carbocycles. The Hall–Kier alpha value is -1.29. The predicted octanol–water partition coefficient (Wildman–Crippen LogP) is 6.55. The lowest BCUT2D eigenvalue weighted by Crippen LogP contribution is -1.90. The zero-order valence-corrected chi connectivity index (χ0v) is 15.0. The van der Waals surface area contributed by atoms with Gasteiger partial charge in [0.2, 0.25) is 0 Å². The van der Waals surface area contributed by atoms with E-state index in [2.05, 4.69) is 46.5 Å². The van der Waals surface area contributed by atoms with E-state index in [-0.39, 0.29) is 0 Å². The summed E-state index contributed by atoms with van der Waals surface area (Å²) in [5.41, 5.74) is 4.03. The van der Waals surface area contributed by atoms with E-state index in [4.69, 9.17) is 16.6 Å². The van der Waals surface area contributed by atoms with Gasteiger partial charge in [0.25, 0.3) is 0 Å². The summed E-state index contributed by atoms with van der Waals surface area (Å²) in [5, 5.41) is 0.721. The number of aromatic nitrogens is 1. The van der Waals surface area contributed by atoms with E-state index >= 15 is 0 Å². The molecule has 3 aromatic rings. The summed E-state index contributed by atoms with van der Waals surface area (Å²) in [4.78, 5) is 5.99. The highest BCUT2D eigenvalue weighted by Gasteiger charge is 2.07. The topological polar surface area (TPSA) is 12.9 Å². The molecular formula is C18H13BrClNS. The molecule has 0 radical (unpaired) electrons. The van der Waals surface area contributed by atoms with Crippen LogP contribution in [-0.2, 0) is 0 Å². The van der Waals surface area contributed by atoms with E-state index in [0.717, 1.165) is 32.0 Å². The number of benzene rings is 2. The van der Waals surface area contributed by atoms with Gasteiger partial charge >= 0.3 is 0 Å². The van der Waals surface area contributed by atoms with Crippen LogP contribution < -0.4 is 0 Å². The molecule has 4 heteroatoms. The van der Waals surface area contributed by atoms with Crippen LogP contribution in [-0.4, -0.2) is 11.2 Å². The van der Waals surface area contributed by atoms with E-state index in [9.17, 15) is 0 Å². The van der Waals surface area contributed by atoms with Crippen LogP contribution in [0.15, 0.2) is 70.0 Å². The highest BCUT2D eigenvalue weighted by molar-refractivity contribution is 9.10. The summed E-state index contributed by atoms with van der Waals surface area (Å²) in [7, 11) is 0. The number of pyridine rings is 1. The lowest BCUT2D eigenvalue weighted by molar-refractivity contribution is 1.27. The summed E-state index contributed by atoms with van der Waals surface area (Å²) in [6.45, 7) is 0. The van der Waals surface area contributed by atoms with Gasteiger partial charge in [-0.15, -0.1) is 11.8 Å². The molecule has 0 aliphatic heterocycles. The number of nitrogens with zero attached hydrogens (tertiary/aromatic N) is 1. The van der Waals surface area contributed by atoms with Gasteiger partial charge in [-0.25, -0.2) is 4.98 Å². The Morgan fingerprint density at radius 2 is 1.59 bits per heavy atom. The van der Waals surface area contributed by atoms with Crippen LogP contribution in [0.5, 0.6) is 0 Å². The van der Waals surface area contributed by atoms with E-state index in [1.807, 2.05) is 36.4 Å². The minimum Gasteiger partial charge on any atom is -0.248 e. The summed E-state index contributed by atoms with van der Waals surface area (Å²) in [6, 6.07) is 20.2. The third kappa shape index (κ3) is 3.54. The average molecular weight is 391 g/mol. The molecule has 1 aromatic heterocycles. The van der Waals surface area contributed by atoms with Gasteiger partial charge in [0.15, 0.2) is 0 Å². The maximum absolute atomic E-state index is 6.10. The van der Waals surface area contributed by atoms with Gasteiger partial charge in [-0.2, -0.15) is 0 Å². The second-order valence-corrected chi connectivity index (χ2v) is 7.03. The van der Waals surface area contributed by atoms with E-state index in [1.165, 1.54) is 4.90 Å². The lowest BCUT2D eigenvalue weighted by atomic mass is 10.1. The summed E-state index contributed by atoms with van der Waals surface area (Å²) < 4.78 is 1.06. The number of hydrogen-bond donors (Lipinski definition) is 0. The van der Waals surface area contributed by atoms with Gasteiger partial charge < -0.3 is 0 Å². The summed E-state index contributed by atoms with van der Waals surface area (Å²) in [5.74, 6) is 0. The van der Waals surface area contributed by atoms with Crippen molar-refractivity contribution in [2.24, 2.45) is 0 Å². The predicted molar refractivity (Wildman–Crippen MR) is 99.6 cm³/mol. The third-order valence-electron chi connectivity index (χ3n) is 3.29. The van der Waals surface area contributed by atoms with Crippen LogP contribution in [0.3, 0.4) is 0 Å². The zero-order valence-electron chi connectivity index (χ0n) is 11.9. The van der Waals surface area contributed by atoms with Crippen molar-refractivity contribution in [3.8, 4) is 22.5 Å². The monoisotopic (exact) mass is 389 g/mol. The fourth-order valence-electron chi connectivity index (χ4n) is 2.19. The highest BCUT2D eigenvalue weighted by atomic mass is 79.9. The molecule has 0 saturated heterocycles. The minimum atomic E-state index is 0.721. The van der Waals surface area contributed by atoms with Crippen molar-refractivity contribution in [2.45, 2.75) is 4.90 Å². The summed E-state index contributed by atoms with van der Waals surface area (Å²) >= 11 is 11.3. The highest BCUT2D eigenvalue weighted by Crippen LogP contribution is 2.30. The van der Waals surface area contributed by atoms with Gasteiger partial charge in [-0.1, -0.05) is 51.8 Å². The average Bonchev–Trinajstić information content (AvgIpc) is 2.55. The Morgan fingerprint density at radius 1 is 0.909 bits per heavy atom. The Labute approximate surface area is 147 Å². The van der Waals surface area contributed by atoms with Crippen LogP contribution >= 0.6 is 39.3 Å². The van der Waals surface area contributed by atoms with E-state index in [1.54, 1.807) is 11.8 Å². The Kier molecular flexibility index (Phi) is 4.87. The van der Waals surface area contributed by atoms with Crippen molar-refractivity contribution >= 4 is 39.3 Å². The van der Waals surface area contributed by atoms with Gasteiger partial charge in [0.1, 0.15) is 0 Å². The van der Waals surface area contributed by atoms with Crippen LogP contribution in [0, 0.1) is 0 Å². The van der Waals surface area contributed by atoms with Crippen LogP contribution in [0.2, 0.25) is 5.02 Å². The lowest BCUT2D eigenvalue weighted by Gasteiger charge is -2.09. The molecule has 110 valence electrons. The molecular weight excluding hydrogens is 378 g/mol. The molecule has 0 N–H and O–H groups in total. The smallest absolute Gasteiger partial charge is 0.0721 e. The molecule has 0 amide bonds. The molecule has 1 nitrogen and oxygen atoms in total. The zero-order chi connectivity index (χ0) is 15.5. The van der Waals surface area contributed by atoms with E-state index < -0.39 is 0 Å². The van der Waals surface area contributed by atoms with Gasteiger partial charge in [-0.05, 0) is 42.7 Å². The first-order chi connectivity index (χ1) is 10.7. The normalized spacial score (nSPS) is 10.7. The van der Waals surface area contributed by atoms with Crippen molar-refractivity contribution in [1.82, 2.24) is 4.98 Å². The first-order valence-corrected chi connectivity index (χ1v) is 9.13. The van der Waals surface area contributed by atoms with Crippen molar-refractivity contribution in [1.29, 1.82) is 0 Å². The third-order valence-corrected chi connectivity index (χ3v) is 4.77. The molecule has 0 saturated carbocycles. The second-order valence-electron chi connectivity index (χ2n) is 4.79. The Morgan fingerprint density at radius 3 is 2.23 bits per heavy atom. The SMILES string of the molecule is CSc1cc(-c2ccc(Br)cc2)nc(-c2cccc(Cl)c2)c1. The molecule has 0 unspecified atom stereocenters. The Balaban J connectivity index is 2.12. The van der Waals surface area contributed by atoms with Crippen molar-refractivity contribution in [3.05, 3.63) is 70.2 Å². The molecule has 0 atom stereocenters. The largest absolute Gasteiger partial charge is 0.248 e. The molecule has 2 aromatic carbocycles. The standard InChI is InChI=1S/C18H13BrClNS/c1-22-16-10-17(12-5-7-14(19)8-6-12)21-18(11-16)13-3-2-4-15(20)9-13/h2-11H,1H3. The molecule has 22 heavy (non-hydrogen) atoms. The molecule has 0 fully saturated rings. The molecule has 0 bridgehead atoms. The van der Waals surface area contributed by atoms with E-state index in [0.29, 0.717) is 0 Å². The number of halogens is 2.